The highest BCUT2D eigenvalue weighted by Crippen LogP contribution is 2.29. The van der Waals surface area contributed by atoms with Crippen LogP contribution in [0.2, 0.25) is 0 Å². The Labute approximate surface area is 138 Å². The van der Waals surface area contributed by atoms with E-state index >= 15 is 0 Å². The average Bonchev–Trinajstić information content (AvgIpc) is 2.59. The first kappa shape index (κ1) is 16.2. The maximum absolute atomic E-state index is 12.6. The summed E-state index contributed by atoms with van der Waals surface area (Å²) in [5.41, 5.74) is 0. The van der Waals surface area contributed by atoms with Gasteiger partial charge in [0.05, 0.1) is 6.20 Å². The first-order valence-corrected chi connectivity index (χ1v) is 8.96. The summed E-state index contributed by atoms with van der Waals surface area (Å²) in [5, 5.41) is 3.36. The fourth-order valence-corrected chi connectivity index (χ4v) is 4.07. The third-order valence-corrected chi connectivity index (χ3v) is 5.59. The van der Waals surface area contributed by atoms with Crippen molar-refractivity contribution in [2.45, 2.75) is 52.0 Å². The van der Waals surface area contributed by atoms with E-state index in [1.165, 1.54) is 19.3 Å². The monoisotopic (exact) mass is 316 g/mol. The standard InChI is InChI=1S/C18H28N4O/c1-13-4-3-5-14(2)17(13)21-18(23)15-6-10-22(11-7-15)16-12-19-8-9-20-16/h8-9,12-15,17H,3-7,10-11H2,1-2H3,(H,21,23). The molecule has 0 bridgehead atoms. The first-order valence-electron chi connectivity index (χ1n) is 8.96. The van der Waals surface area contributed by atoms with Gasteiger partial charge in [-0.1, -0.05) is 20.3 Å². The highest BCUT2D eigenvalue weighted by atomic mass is 16.2. The van der Waals surface area contributed by atoms with Crippen molar-refractivity contribution in [3.8, 4) is 0 Å². The number of nitrogens with one attached hydrogen (secondary N) is 1. The van der Waals surface area contributed by atoms with Gasteiger partial charge in [0, 0.05) is 37.4 Å². The predicted octanol–water partition coefficient (Wildman–Crippen LogP) is 2.63. The maximum atomic E-state index is 12.6. The molecule has 2 fully saturated rings. The molecule has 2 unspecified atom stereocenters. The molecule has 0 aromatic carbocycles. The molecule has 3 rings (SSSR count). The summed E-state index contributed by atoms with van der Waals surface area (Å²) in [4.78, 5) is 23.3. The SMILES string of the molecule is CC1CCCC(C)C1NC(=O)C1CCN(c2cnccn2)CC1. The van der Waals surface area contributed by atoms with Crippen molar-refractivity contribution in [3.05, 3.63) is 18.6 Å². The highest BCUT2D eigenvalue weighted by Gasteiger charge is 2.32. The van der Waals surface area contributed by atoms with E-state index in [-0.39, 0.29) is 11.8 Å². The number of rotatable bonds is 3. The van der Waals surface area contributed by atoms with Crippen molar-refractivity contribution in [3.63, 3.8) is 0 Å². The van der Waals surface area contributed by atoms with Gasteiger partial charge in [-0.3, -0.25) is 9.78 Å². The minimum atomic E-state index is 0.143. The lowest BCUT2D eigenvalue weighted by atomic mass is 9.78. The number of hydrogen-bond acceptors (Lipinski definition) is 4. The van der Waals surface area contributed by atoms with Crippen LogP contribution in [0.15, 0.2) is 18.6 Å². The molecule has 1 aromatic rings. The Morgan fingerprint density at radius 2 is 1.83 bits per heavy atom. The Balaban J connectivity index is 1.52. The molecule has 1 N–H and O–H groups in total. The first-order chi connectivity index (χ1) is 11.1. The zero-order valence-electron chi connectivity index (χ0n) is 14.2. The van der Waals surface area contributed by atoms with Crippen LogP contribution in [0.5, 0.6) is 0 Å². The third-order valence-electron chi connectivity index (χ3n) is 5.59. The van der Waals surface area contributed by atoms with Crippen molar-refractivity contribution in [1.82, 2.24) is 15.3 Å². The molecule has 0 spiro atoms. The zero-order valence-corrected chi connectivity index (χ0v) is 14.2. The number of carbonyl (C=O) groups is 1. The summed E-state index contributed by atoms with van der Waals surface area (Å²) in [6.07, 6.45) is 10.8. The summed E-state index contributed by atoms with van der Waals surface area (Å²) in [5.74, 6) is 2.52. The molecule has 1 amide bonds. The number of piperidine rings is 1. The number of anilines is 1. The van der Waals surface area contributed by atoms with Crippen molar-refractivity contribution in [2.24, 2.45) is 17.8 Å². The van der Waals surface area contributed by atoms with E-state index < -0.39 is 0 Å². The molecular weight excluding hydrogens is 288 g/mol. The fourth-order valence-electron chi connectivity index (χ4n) is 4.07. The van der Waals surface area contributed by atoms with Gasteiger partial charge >= 0.3 is 0 Å². The summed E-state index contributed by atoms with van der Waals surface area (Å²) < 4.78 is 0. The molecule has 1 aromatic heterocycles. The fraction of sp³-hybridized carbons (Fsp3) is 0.722. The molecule has 2 atom stereocenters. The van der Waals surface area contributed by atoms with Crippen molar-refractivity contribution < 1.29 is 4.79 Å². The zero-order chi connectivity index (χ0) is 16.2. The van der Waals surface area contributed by atoms with Crippen LogP contribution in [-0.2, 0) is 4.79 Å². The Morgan fingerprint density at radius 1 is 1.13 bits per heavy atom. The molecule has 2 heterocycles. The molecule has 126 valence electrons. The van der Waals surface area contributed by atoms with Crippen molar-refractivity contribution in [1.29, 1.82) is 0 Å². The van der Waals surface area contributed by atoms with E-state index in [0.29, 0.717) is 17.9 Å². The van der Waals surface area contributed by atoms with E-state index in [9.17, 15) is 4.79 Å². The number of aromatic nitrogens is 2. The normalized spacial score (nSPS) is 29.3. The van der Waals surface area contributed by atoms with E-state index in [1.807, 2.05) is 0 Å². The van der Waals surface area contributed by atoms with Gasteiger partial charge in [0.2, 0.25) is 5.91 Å². The highest BCUT2D eigenvalue weighted by molar-refractivity contribution is 5.79. The van der Waals surface area contributed by atoms with E-state index in [4.69, 9.17) is 0 Å². The number of carbonyl (C=O) groups excluding carboxylic acids is 1. The molecule has 5 nitrogen and oxygen atoms in total. The second-order valence-electron chi connectivity index (χ2n) is 7.24. The van der Waals surface area contributed by atoms with Gasteiger partial charge in [0.25, 0.3) is 0 Å². The van der Waals surface area contributed by atoms with E-state index in [1.54, 1.807) is 18.6 Å². The van der Waals surface area contributed by atoms with E-state index in [0.717, 1.165) is 31.7 Å². The minimum Gasteiger partial charge on any atom is -0.355 e. The van der Waals surface area contributed by atoms with Crippen molar-refractivity contribution in [2.75, 3.05) is 18.0 Å². The van der Waals surface area contributed by atoms with Crippen molar-refractivity contribution >= 4 is 11.7 Å². The Bertz CT molecular complexity index is 503. The van der Waals surface area contributed by atoms with Crippen LogP contribution in [0.25, 0.3) is 0 Å². The molecule has 1 saturated carbocycles. The minimum absolute atomic E-state index is 0.143. The number of hydrogen-bond donors (Lipinski definition) is 1. The lowest BCUT2D eigenvalue weighted by Gasteiger charge is -2.37. The van der Waals surface area contributed by atoms with Crippen LogP contribution in [0, 0.1) is 17.8 Å². The molecule has 2 aliphatic rings. The molecule has 0 radical (unpaired) electrons. The van der Waals surface area contributed by atoms with Crippen LogP contribution in [0.3, 0.4) is 0 Å². The summed E-state index contributed by atoms with van der Waals surface area (Å²) in [6.45, 7) is 6.31. The third kappa shape index (κ3) is 3.82. The largest absolute Gasteiger partial charge is 0.355 e. The molecule has 23 heavy (non-hydrogen) atoms. The smallest absolute Gasteiger partial charge is 0.223 e. The van der Waals surface area contributed by atoms with Gasteiger partial charge in [-0.25, -0.2) is 4.98 Å². The maximum Gasteiger partial charge on any atom is 0.223 e. The predicted molar refractivity (Wildman–Crippen MR) is 91.1 cm³/mol. The van der Waals surface area contributed by atoms with Gasteiger partial charge in [-0.2, -0.15) is 0 Å². The Morgan fingerprint density at radius 3 is 2.43 bits per heavy atom. The summed E-state index contributed by atoms with van der Waals surface area (Å²) >= 11 is 0. The van der Waals surface area contributed by atoms with Crippen LogP contribution in [-0.4, -0.2) is 35.0 Å². The lowest BCUT2D eigenvalue weighted by Crippen LogP contribution is -2.49. The second kappa shape index (κ2) is 7.28. The molecule has 1 aliphatic heterocycles. The summed E-state index contributed by atoms with van der Waals surface area (Å²) in [6, 6.07) is 0.356. The molecule has 1 aliphatic carbocycles. The van der Waals surface area contributed by atoms with Gasteiger partial charge in [0.15, 0.2) is 0 Å². The molecule has 5 heteroatoms. The topological polar surface area (TPSA) is 58.1 Å². The lowest BCUT2D eigenvalue weighted by molar-refractivity contribution is -0.127. The molecular formula is C18H28N4O. The van der Waals surface area contributed by atoms with Gasteiger partial charge < -0.3 is 10.2 Å². The van der Waals surface area contributed by atoms with Gasteiger partial charge in [-0.05, 0) is 37.5 Å². The Kier molecular flexibility index (Phi) is 5.13. The van der Waals surface area contributed by atoms with Crippen LogP contribution in [0.1, 0.15) is 46.0 Å². The summed E-state index contributed by atoms with van der Waals surface area (Å²) in [7, 11) is 0. The Hall–Kier alpha value is -1.65. The van der Waals surface area contributed by atoms with Crippen LogP contribution >= 0.6 is 0 Å². The van der Waals surface area contributed by atoms with Gasteiger partial charge in [-0.15, -0.1) is 0 Å². The van der Waals surface area contributed by atoms with E-state index in [2.05, 4.69) is 34.0 Å². The second-order valence-corrected chi connectivity index (χ2v) is 7.24. The van der Waals surface area contributed by atoms with Crippen LogP contribution < -0.4 is 10.2 Å². The number of nitrogens with zero attached hydrogens (tertiary/aromatic N) is 3. The van der Waals surface area contributed by atoms with Gasteiger partial charge in [0.1, 0.15) is 5.82 Å². The number of amides is 1. The quantitative estimate of drug-likeness (QED) is 0.931. The molecule has 1 saturated heterocycles. The van der Waals surface area contributed by atoms with Crippen LogP contribution in [0.4, 0.5) is 5.82 Å². The average molecular weight is 316 g/mol.